The van der Waals surface area contributed by atoms with E-state index in [9.17, 15) is 0 Å². The van der Waals surface area contributed by atoms with Crippen molar-refractivity contribution in [2.45, 2.75) is 18.3 Å². The number of methoxy groups -OCH3 is 1. The number of hydrogen-bond donors (Lipinski definition) is 1. The number of hydrogen-bond acceptors (Lipinski definition) is 8. The van der Waals surface area contributed by atoms with Crippen LogP contribution in [0.5, 0.6) is 17.4 Å². The Hall–Kier alpha value is -2.52. The summed E-state index contributed by atoms with van der Waals surface area (Å²) in [6.45, 7) is 2.47. The van der Waals surface area contributed by atoms with Gasteiger partial charge >= 0.3 is 0 Å². The fraction of sp³-hybridized carbons (Fsp3) is 0.250. The Bertz CT molecular complexity index is 1050. The van der Waals surface area contributed by atoms with Crippen molar-refractivity contribution in [3.63, 3.8) is 0 Å². The number of benzene rings is 2. The molecule has 0 bridgehead atoms. The van der Waals surface area contributed by atoms with Gasteiger partial charge in [-0.3, -0.25) is 0 Å². The molecule has 1 atom stereocenters. The molecule has 0 amide bonds. The number of aromatic nitrogens is 3. The third-order valence-electron chi connectivity index (χ3n) is 4.36. The van der Waals surface area contributed by atoms with Gasteiger partial charge in [-0.1, -0.05) is 27.7 Å². The maximum Gasteiger partial charge on any atom is 0.247 e. The molecule has 3 aromatic rings. The van der Waals surface area contributed by atoms with E-state index >= 15 is 0 Å². The molecule has 0 saturated carbocycles. The van der Waals surface area contributed by atoms with Crippen LogP contribution in [0.25, 0.3) is 11.3 Å². The van der Waals surface area contributed by atoms with Crippen LogP contribution in [0.2, 0.25) is 0 Å². The van der Waals surface area contributed by atoms with Crippen molar-refractivity contribution in [3.8, 4) is 28.6 Å². The third kappa shape index (κ3) is 3.97. The summed E-state index contributed by atoms with van der Waals surface area (Å²) in [5, 5.41) is 12.5. The van der Waals surface area contributed by atoms with Gasteiger partial charge < -0.3 is 19.5 Å². The first-order valence-electron chi connectivity index (χ1n) is 8.95. The number of ether oxygens (including phenoxy) is 3. The zero-order valence-corrected chi connectivity index (χ0v) is 18.5. The minimum Gasteiger partial charge on any atom is -0.493 e. The molecule has 0 spiro atoms. The second-order valence-electron chi connectivity index (χ2n) is 6.13. The van der Waals surface area contributed by atoms with E-state index in [4.69, 9.17) is 14.2 Å². The lowest BCUT2D eigenvalue weighted by atomic mass is 10.1. The Kier molecular flexibility index (Phi) is 5.77. The highest BCUT2D eigenvalue weighted by Crippen LogP contribution is 2.41. The maximum atomic E-state index is 6.26. The number of fused-ring (bicyclic) bond motifs is 3. The molecule has 2 aromatic carbocycles. The summed E-state index contributed by atoms with van der Waals surface area (Å²) in [5.41, 5.74) is 3.20. The smallest absolute Gasteiger partial charge is 0.247 e. The molecule has 29 heavy (non-hydrogen) atoms. The van der Waals surface area contributed by atoms with Crippen molar-refractivity contribution < 1.29 is 14.2 Å². The Morgan fingerprint density at radius 2 is 2.03 bits per heavy atom. The van der Waals surface area contributed by atoms with Crippen LogP contribution in [0.4, 0.5) is 5.69 Å². The normalized spacial score (nSPS) is 14.7. The molecule has 7 nitrogen and oxygen atoms in total. The second-order valence-corrected chi connectivity index (χ2v) is 7.82. The zero-order valence-electron chi connectivity index (χ0n) is 16.1. The van der Waals surface area contributed by atoms with Crippen LogP contribution in [0, 0.1) is 0 Å². The minimum atomic E-state index is -0.493. The van der Waals surface area contributed by atoms with Gasteiger partial charge in [0, 0.05) is 21.3 Å². The highest BCUT2D eigenvalue weighted by molar-refractivity contribution is 9.10. The van der Waals surface area contributed by atoms with Crippen LogP contribution in [0.1, 0.15) is 18.7 Å². The summed E-state index contributed by atoms with van der Waals surface area (Å²) in [7, 11) is 1.62. The summed E-state index contributed by atoms with van der Waals surface area (Å²) in [6.07, 6.45) is 1.41. The molecule has 1 N–H and O–H groups in total. The fourth-order valence-electron chi connectivity index (χ4n) is 3.03. The van der Waals surface area contributed by atoms with Gasteiger partial charge in [-0.25, -0.2) is 0 Å². The largest absolute Gasteiger partial charge is 0.493 e. The summed E-state index contributed by atoms with van der Waals surface area (Å²) in [5.74, 6) is 1.75. The SMILES string of the molecule is CCOc1cc([C@@H]2Nc3ccc(Br)cc3-c3nnc(SC)nc3O2)ccc1OC. The lowest BCUT2D eigenvalue weighted by Gasteiger charge is -2.20. The van der Waals surface area contributed by atoms with Crippen molar-refractivity contribution in [1.29, 1.82) is 0 Å². The van der Waals surface area contributed by atoms with Crippen LogP contribution in [0.3, 0.4) is 0 Å². The number of nitrogens with zero attached hydrogens (tertiary/aromatic N) is 3. The van der Waals surface area contributed by atoms with Gasteiger partial charge in [-0.05, 0) is 49.6 Å². The second kappa shape index (κ2) is 8.46. The molecule has 0 aliphatic carbocycles. The molecule has 1 aromatic heterocycles. The summed E-state index contributed by atoms with van der Waals surface area (Å²) in [4.78, 5) is 4.54. The number of anilines is 1. The molecule has 0 fully saturated rings. The molecule has 2 heterocycles. The first-order chi connectivity index (χ1) is 14.1. The molecule has 0 saturated heterocycles. The lowest BCUT2D eigenvalue weighted by molar-refractivity contribution is 0.224. The van der Waals surface area contributed by atoms with E-state index in [1.165, 1.54) is 11.8 Å². The first kappa shape index (κ1) is 19.8. The average molecular weight is 475 g/mol. The van der Waals surface area contributed by atoms with Gasteiger partial charge in [0.2, 0.25) is 11.0 Å². The Morgan fingerprint density at radius 1 is 1.17 bits per heavy atom. The van der Waals surface area contributed by atoms with E-state index in [-0.39, 0.29) is 0 Å². The summed E-state index contributed by atoms with van der Waals surface area (Å²) >= 11 is 4.94. The van der Waals surface area contributed by atoms with Gasteiger partial charge in [0.1, 0.15) is 0 Å². The van der Waals surface area contributed by atoms with Gasteiger partial charge in [-0.2, -0.15) is 4.98 Å². The number of thioether (sulfide) groups is 1. The average Bonchev–Trinajstić information content (AvgIpc) is 2.90. The van der Waals surface area contributed by atoms with Crippen molar-refractivity contribution in [2.24, 2.45) is 0 Å². The summed E-state index contributed by atoms with van der Waals surface area (Å²) < 4.78 is 18.3. The fourth-order valence-corrected chi connectivity index (χ4v) is 3.69. The Labute approximate surface area is 181 Å². The minimum absolute atomic E-state index is 0.424. The van der Waals surface area contributed by atoms with E-state index in [2.05, 4.69) is 36.4 Å². The molecule has 9 heteroatoms. The van der Waals surface area contributed by atoms with E-state index in [1.807, 2.05) is 49.6 Å². The monoisotopic (exact) mass is 474 g/mol. The zero-order chi connectivity index (χ0) is 20.4. The van der Waals surface area contributed by atoms with Gasteiger partial charge in [0.05, 0.1) is 13.7 Å². The quantitative estimate of drug-likeness (QED) is 0.521. The van der Waals surface area contributed by atoms with E-state index in [1.54, 1.807) is 7.11 Å². The van der Waals surface area contributed by atoms with Crippen molar-refractivity contribution in [2.75, 3.05) is 25.3 Å². The van der Waals surface area contributed by atoms with E-state index < -0.39 is 6.23 Å². The molecule has 4 rings (SSSR count). The van der Waals surface area contributed by atoms with Gasteiger partial charge in [0.25, 0.3) is 0 Å². The summed E-state index contributed by atoms with van der Waals surface area (Å²) in [6, 6.07) is 11.6. The van der Waals surface area contributed by atoms with Gasteiger partial charge in [-0.15, -0.1) is 10.2 Å². The Balaban J connectivity index is 1.82. The standard InChI is InChI=1S/C20H19BrN4O3S/c1-4-27-16-9-11(5-8-15(16)26-2)18-22-14-7-6-12(21)10-13(14)17-19(28-18)23-20(29-3)25-24-17/h5-10,18,22H,4H2,1-3H3/t18-/m1/s1. The molecular weight excluding hydrogens is 456 g/mol. The Morgan fingerprint density at radius 3 is 2.79 bits per heavy atom. The van der Waals surface area contributed by atoms with Crippen LogP contribution in [0.15, 0.2) is 46.0 Å². The van der Waals surface area contributed by atoms with Crippen LogP contribution in [-0.4, -0.2) is 35.2 Å². The molecule has 1 aliphatic heterocycles. The molecule has 0 radical (unpaired) electrons. The predicted octanol–water partition coefficient (Wildman–Crippen LogP) is 4.93. The molecular formula is C20H19BrN4O3S. The van der Waals surface area contributed by atoms with E-state index in [0.717, 1.165) is 21.3 Å². The highest BCUT2D eigenvalue weighted by Gasteiger charge is 2.27. The molecule has 0 unspecified atom stereocenters. The predicted molar refractivity (Wildman–Crippen MR) is 116 cm³/mol. The van der Waals surface area contributed by atoms with Crippen molar-refractivity contribution >= 4 is 33.4 Å². The lowest BCUT2D eigenvalue weighted by Crippen LogP contribution is -2.17. The number of nitrogens with one attached hydrogen (secondary N) is 1. The first-order valence-corrected chi connectivity index (χ1v) is 11.0. The van der Waals surface area contributed by atoms with Gasteiger partial charge in [0.15, 0.2) is 23.4 Å². The van der Waals surface area contributed by atoms with Crippen molar-refractivity contribution in [1.82, 2.24) is 15.2 Å². The van der Waals surface area contributed by atoms with Crippen LogP contribution in [-0.2, 0) is 0 Å². The van der Waals surface area contributed by atoms with Crippen LogP contribution < -0.4 is 19.5 Å². The molecule has 150 valence electrons. The maximum absolute atomic E-state index is 6.26. The number of halogens is 1. The number of rotatable bonds is 5. The van der Waals surface area contributed by atoms with Crippen molar-refractivity contribution in [3.05, 3.63) is 46.4 Å². The topological polar surface area (TPSA) is 78.4 Å². The van der Waals surface area contributed by atoms with Crippen LogP contribution >= 0.6 is 27.7 Å². The molecule has 1 aliphatic rings. The highest BCUT2D eigenvalue weighted by atomic mass is 79.9. The third-order valence-corrected chi connectivity index (χ3v) is 5.39. The van der Waals surface area contributed by atoms with E-state index in [0.29, 0.717) is 34.8 Å².